The molecule has 3 atom stereocenters. The van der Waals surface area contributed by atoms with Gasteiger partial charge in [-0.25, -0.2) is 65.4 Å². The molecule has 15 rings (SSSR count). The highest BCUT2D eigenvalue weighted by atomic mass is 35.5. The number of hydrogen-bond donors (Lipinski definition) is 3. The van der Waals surface area contributed by atoms with Crippen LogP contribution in [-0.4, -0.2) is 179 Å². The number of carboxylic acid groups (broad SMARTS) is 1. The number of anilines is 3. The van der Waals surface area contributed by atoms with E-state index in [1.165, 1.54) is 80.5 Å². The van der Waals surface area contributed by atoms with Gasteiger partial charge in [0.2, 0.25) is 17.7 Å². The highest BCUT2D eigenvalue weighted by molar-refractivity contribution is 6.34. The third-order valence-corrected chi connectivity index (χ3v) is 23.0. The van der Waals surface area contributed by atoms with Crippen LogP contribution in [0.3, 0.4) is 0 Å². The Hall–Kier alpha value is -13.5. The summed E-state index contributed by atoms with van der Waals surface area (Å²) >= 11 is 13.5. The Morgan fingerprint density at radius 1 is 0.504 bits per heavy atom. The number of fused-ring (bicyclic) bond motifs is 3. The molecule has 0 aliphatic carbocycles. The smallest absolute Gasteiger partial charge is 0.355 e. The monoisotopic (exact) mass is 1740 g/mol. The molecule has 3 aliphatic rings. The number of aryl methyl sites for hydroxylation is 2. The molecule has 26 nitrogen and oxygen atoms in total. The molecule has 125 heavy (non-hydrogen) atoms. The molecule has 10 heterocycles. The van der Waals surface area contributed by atoms with Crippen molar-refractivity contribution in [3.05, 3.63) is 264 Å². The number of aromatic hydroxyl groups is 2. The summed E-state index contributed by atoms with van der Waals surface area (Å²) in [6.07, 6.45) is 5.49. The number of phenols is 2. The third kappa shape index (κ3) is 17.4. The number of rotatable bonds is 15. The van der Waals surface area contributed by atoms with Crippen molar-refractivity contribution in [2.45, 2.75) is 118 Å². The van der Waals surface area contributed by atoms with Crippen LogP contribution in [0, 0.1) is 37.1 Å². The van der Waals surface area contributed by atoms with Crippen molar-refractivity contribution in [1.29, 1.82) is 0 Å². The van der Waals surface area contributed by atoms with E-state index in [1.54, 1.807) is 82.4 Å². The van der Waals surface area contributed by atoms with Crippen LogP contribution in [0.25, 0.3) is 83.9 Å². The summed E-state index contributed by atoms with van der Waals surface area (Å²) < 4.78 is 64.7. The van der Waals surface area contributed by atoms with Gasteiger partial charge < -0.3 is 44.7 Å². The number of para-hydroxylation sites is 1. The highest BCUT2D eigenvalue weighted by Gasteiger charge is 2.37. The maximum absolute atomic E-state index is 15.8. The van der Waals surface area contributed by atoms with E-state index in [4.69, 9.17) is 33.2 Å². The van der Waals surface area contributed by atoms with E-state index in [0.29, 0.717) is 115 Å². The van der Waals surface area contributed by atoms with Gasteiger partial charge in [-0.2, -0.15) is 15.0 Å². The molecular weight excluding hydrogens is 1650 g/mol. The molecule has 0 spiro atoms. The average Bonchev–Trinajstić information content (AvgIpc) is 0.742. The van der Waals surface area contributed by atoms with Crippen molar-refractivity contribution in [3.8, 4) is 62.3 Å². The van der Waals surface area contributed by atoms with Crippen LogP contribution in [-0.2, 0) is 19.8 Å². The van der Waals surface area contributed by atoms with E-state index >= 15 is 8.78 Å². The Morgan fingerprint density at radius 3 is 1.52 bits per heavy atom. The molecule has 5 aromatic carbocycles. The number of carbonyl (C=O) groups is 4. The number of amides is 3. The van der Waals surface area contributed by atoms with Gasteiger partial charge in [-0.1, -0.05) is 134 Å². The van der Waals surface area contributed by atoms with Crippen LogP contribution < -0.4 is 31.8 Å². The fraction of sp³-hybridized carbons (Fsp3) is 0.290. The summed E-state index contributed by atoms with van der Waals surface area (Å²) in [6, 6.07) is 29.6. The molecule has 32 heteroatoms. The normalized spacial score (nSPS) is 15.5. The summed E-state index contributed by atoms with van der Waals surface area (Å²) in [5.74, 6) is -4.73. The molecule has 0 saturated carbocycles. The van der Waals surface area contributed by atoms with E-state index in [9.17, 15) is 57.7 Å². The predicted octanol–water partition coefficient (Wildman–Crippen LogP) is 15.5. The lowest BCUT2D eigenvalue weighted by Crippen LogP contribution is -2.54. The number of nitrogens with zero attached hydrogens (tertiary/aromatic N) is 16. The van der Waals surface area contributed by atoms with Crippen LogP contribution in [0.15, 0.2) is 180 Å². The van der Waals surface area contributed by atoms with E-state index in [2.05, 4.69) is 44.7 Å². The zero-order chi connectivity index (χ0) is 90.4. The van der Waals surface area contributed by atoms with E-state index < -0.39 is 63.3 Å². The number of aromatic carboxylic acids is 1. The number of carboxylic acids is 1. The topological polar surface area (TPSA) is 305 Å². The SMILES string of the molecule is C=CC(=O)N1CCN(c2nc(=O)n(-c3c(C)cc(C(=O)O)cc3C(C)C)c3nc(-c4ccccc4F)c(Cl)cc23)[C@@H](C)C1.C=CC(=O)N1CCN(c2nc(=O)n(-c3c(C)ccnc3C(C)C)c3nc(-c4c(O)cccc4F)c(Cl)cc23)C[C@H]1C.C=CC(=O)N1CCN(c2nc(=O)n(-c3ccccc3C(C)(C)C)c3nc(-c4c(O)cccc4F)c(F)cc23)[C@@H](C)C1. The second-order valence-corrected chi connectivity index (χ2v) is 33.4. The van der Waals surface area contributed by atoms with Gasteiger partial charge in [-0.15, -0.1) is 0 Å². The molecule has 3 fully saturated rings. The Labute approximate surface area is 727 Å². The first-order valence-corrected chi connectivity index (χ1v) is 41.2. The quantitative estimate of drug-likeness (QED) is 0.0634. The van der Waals surface area contributed by atoms with Crippen LogP contribution >= 0.6 is 23.2 Å². The van der Waals surface area contributed by atoms with Gasteiger partial charge in [-0.05, 0) is 171 Å². The number of benzene rings is 5. The first kappa shape index (κ1) is 89.3. The lowest BCUT2D eigenvalue weighted by atomic mass is 9.85. The predicted molar refractivity (Wildman–Crippen MR) is 477 cm³/mol. The fourth-order valence-electron chi connectivity index (χ4n) is 16.4. The summed E-state index contributed by atoms with van der Waals surface area (Å²) in [5, 5.41) is 32.1. The lowest BCUT2D eigenvalue weighted by molar-refractivity contribution is -0.128. The molecule has 3 N–H and O–H groups in total. The molecule has 0 radical (unpaired) electrons. The Morgan fingerprint density at radius 2 is 0.992 bits per heavy atom. The molecule has 646 valence electrons. The van der Waals surface area contributed by atoms with Crippen molar-refractivity contribution in [2.24, 2.45) is 0 Å². The summed E-state index contributed by atoms with van der Waals surface area (Å²) in [5.41, 5.74) is 2.50. The molecule has 7 aromatic heterocycles. The van der Waals surface area contributed by atoms with Crippen LogP contribution in [0.5, 0.6) is 11.5 Å². The minimum Gasteiger partial charge on any atom is -0.507 e. The van der Waals surface area contributed by atoms with Crippen molar-refractivity contribution in [2.75, 3.05) is 73.6 Å². The third-order valence-electron chi connectivity index (χ3n) is 22.4. The number of carbonyl (C=O) groups excluding carboxylic acids is 3. The molecule has 12 aromatic rings. The molecule has 0 bridgehead atoms. The minimum absolute atomic E-state index is 0.0116. The summed E-state index contributed by atoms with van der Waals surface area (Å²) in [7, 11) is 0. The van der Waals surface area contributed by atoms with Gasteiger partial charge in [-0.3, -0.25) is 19.4 Å². The highest BCUT2D eigenvalue weighted by Crippen LogP contribution is 2.43. The Bertz CT molecular complexity index is 6550. The number of aromatic nitrogens is 10. The number of piperazine rings is 3. The number of phenolic OH excluding ortho intramolecular Hbond substituents is 2. The minimum atomic E-state index is -1.09. The number of halogens is 6. The maximum Gasteiger partial charge on any atom is 0.355 e. The Kier molecular flexibility index (Phi) is 25.8. The average molecular weight is 1740 g/mol. The van der Waals surface area contributed by atoms with Crippen molar-refractivity contribution >= 4 is 97.4 Å². The zero-order valence-electron chi connectivity index (χ0n) is 70.9. The maximum atomic E-state index is 15.8. The first-order chi connectivity index (χ1) is 59.4. The van der Waals surface area contributed by atoms with Gasteiger partial charge >= 0.3 is 23.0 Å². The van der Waals surface area contributed by atoms with E-state index in [-0.39, 0.29) is 125 Å². The van der Waals surface area contributed by atoms with Gasteiger partial charge in [0, 0.05) is 88.8 Å². The molecule has 3 amide bonds. The van der Waals surface area contributed by atoms with E-state index in [1.807, 2.05) is 103 Å². The second kappa shape index (κ2) is 36.1. The van der Waals surface area contributed by atoms with Gasteiger partial charge in [0.15, 0.2) is 22.8 Å². The van der Waals surface area contributed by atoms with Crippen LogP contribution in [0.1, 0.15) is 119 Å². The summed E-state index contributed by atoms with van der Waals surface area (Å²) in [6.45, 7) is 37.2. The van der Waals surface area contributed by atoms with E-state index in [0.717, 1.165) is 17.2 Å². The molecule has 3 aliphatic heterocycles. The van der Waals surface area contributed by atoms with Gasteiger partial charge in [0.05, 0.1) is 77.0 Å². The molecule has 0 unspecified atom stereocenters. The summed E-state index contributed by atoms with van der Waals surface area (Å²) in [4.78, 5) is 133. The molecular formula is C93H92Cl2F4N16O10. The van der Waals surface area contributed by atoms with Crippen molar-refractivity contribution in [3.63, 3.8) is 0 Å². The Balaban J connectivity index is 0.000000161. The fourth-order valence-corrected chi connectivity index (χ4v) is 16.9. The van der Waals surface area contributed by atoms with Crippen LogP contribution in [0.2, 0.25) is 10.0 Å². The first-order valence-electron chi connectivity index (χ1n) is 40.5. The largest absolute Gasteiger partial charge is 0.507 e. The molecule has 3 saturated heterocycles. The van der Waals surface area contributed by atoms with Gasteiger partial charge in [0.25, 0.3) is 0 Å². The van der Waals surface area contributed by atoms with Gasteiger partial charge in [0.1, 0.15) is 52.1 Å². The second-order valence-electron chi connectivity index (χ2n) is 32.5. The standard InChI is InChI=1S/C32H31ClFN5O4.C31H31F2N5O3.C30H30ClFN6O3/c1-6-26(40)37-11-12-38(19(5)16-37)29-23-15-24(33)27(21-9-7-8-10-25(21)34)35-30(23)39(32(43)36-29)28-18(4)13-20(31(41)42)14-22(28)17(2)3;1-6-25(40)36-14-15-37(18(2)17-36)28-19-16-22(33)27(26-21(32)11-9-13-24(26)39)34-29(19)38(30(41)35-28)23-12-8-7-10-20(23)31(3,4)5;1-6-23(40)37-13-12-36(15-18(37)5)28-19-14-20(31)26(24-21(32)8-7-9-22(24)39)34-29(19)38(30(41)35-28)27-17(4)10-11-33-25(27)16(2)3/h6-10,13-15,17,19H,1,11-12,16H2,2-5H3,(H,41,42);6-13,16,18,39H,1,14-15,17H2,2-5H3;6-11,14,16,18,39H,1,12-13,15H2,2-5H3/t19-;2*18-/m001/s1. The van der Waals surface area contributed by atoms with Crippen molar-refractivity contribution in [1.82, 2.24) is 63.3 Å². The lowest BCUT2D eigenvalue weighted by Gasteiger charge is -2.40. The zero-order valence-corrected chi connectivity index (χ0v) is 72.4. The van der Waals surface area contributed by atoms with Crippen LogP contribution in [0.4, 0.5) is 35.0 Å². The number of pyridine rings is 4. The number of hydrogen-bond acceptors (Lipinski definition) is 19. The van der Waals surface area contributed by atoms with Crippen molar-refractivity contribution < 1.29 is 52.1 Å².